The molecule has 0 amide bonds. The number of methoxy groups -OCH3 is 2. The van der Waals surface area contributed by atoms with Crippen molar-refractivity contribution in [2.45, 2.75) is 35.5 Å². The molecule has 0 aromatic heterocycles. The highest BCUT2D eigenvalue weighted by molar-refractivity contribution is 7.98. The predicted molar refractivity (Wildman–Crippen MR) is 91.8 cm³/mol. The number of ether oxygens (including phenoxy) is 2. The van der Waals surface area contributed by atoms with Crippen LogP contribution in [0.3, 0.4) is 0 Å². The van der Waals surface area contributed by atoms with E-state index in [-0.39, 0.29) is 0 Å². The Morgan fingerprint density at radius 2 is 1.64 bits per heavy atom. The van der Waals surface area contributed by atoms with E-state index in [1.807, 2.05) is 23.9 Å². The molecule has 3 rings (SSSR count). The topological polar surface area (TPSA) is 18.5 Å². The monoisotopic (exact) mass is 314 g/mol. The summed E-state index contributed by atoms with van der Waals surface area (Å²) in [5.74, 6) is 2.58. The largest absolute Gasteiger partial charge is 0.497 e. The Balaban J connectivity index is 1.52. The van der Waals surface area contributed by atoms with E-state index in [4.69, 9.17) is 9.47 Å². The van der Waals surface area contributed by atoms with Crippen molar-refractivity contribution in [2.75, 3.05) is 14.2 Å². The third kappa shape index (κ3) is 3.65. The molecule has 0 spiro atoms. The number of rotatable bonds is 6. The van der Waals surface area contributed by atoms with Gasteiger partial charge in [-0.25, -0.2) is 0 Å². The Morgan fingerprint density at radius 1 is 0.955 bits per heavy atom. The van der Waals surface area contributed by atoms with Crippen LogP contribution in [0, 0.1) is 0 Å². The highest BCUT2D eigenvalue weighted by Crippen LogP contribution is 2.39. The summed E-state index contributed by atoms with van der Waals surface area (Å²) in [5, 5.41) is 0. The summed E-state index contributed by atoms with van der Waals surface area (Å²) >= 11 is 1.87. The third-order valence-corrected chi connectivity index (χ3v) is 5.43. The lowest BCUT2D eigenvalue weighted by Crippen LogP contribution is -2.28. The Kier molecular flexibility index (Phi) is 5.06. The molecule has 0 radical (unpaired) electrons. The maximum absolute atomic E-state index is 5.35. The summed E-state index contributed by atoms with van der Waals surface area (Å²) in [6.45, 7) is 0. The van der Waals surface area contributed by atoms with E-state index in [1.165, 1.54) is 16.0 Å². The van der Waals surface area contributed by atoms with Crippen LogP contribution in [-0.2, 0) is 10.5 Å². The van der Waals surface area contributed by atoms with Crippen LogP contribution in [0.1, 0.15) is 29.9 Å². The first-order valence-corrected chi connectivity index (χ1v) is 8.65. The Morgan fingerprint density at radius 3 is 2.23 bits per heavy atom. The molecule has 1 fully saturated rings. The summed E-state index contributed by atoms with van der Waals surface area (Å²) in [5.41, 5.74) is 2.76. The maximum Gasteiger partial charge on any atom is 0.118 e. The van der Waals surface area contributed by atoms with E-state index in [0.29, 0.717) is 12.0 Å². The second kappa shape index (κ2) is 7.21. The van der Waals surface area contributed by atoms with Gasteiger partial charge in [-0.1, -0.05) is 24.3 Å². The molecular formula is C19H22O2S. The summed E-state index contributed by atoms with van der Waals surface area (Å²) in [4.78, 5) is 1.32. The number of hydrogen-bond acceptors (Lipinski definition) is 3. The highest BCUT2D eigenvalue weighted by atomic mass is 32.2. The van der Waals surface area contributed by atoms with Crippen LogP contribution >= 0.6 is 11.8 Å². The Bertz CT molecular complexity index is 586. The van der Waals surface area contributed by atoms with Crippen molar-refractivity contribution in [2.24, 2.45) is 0 Å². The summed E-state index contributed by atoms with van der Waals surface area (Å²) < 4.78 is 10.5. The molecule has 0 heterocycles. The van der Waals surface area contributed by atoms with Crippen molar-refractivity contribution in [1.82, 2.24) is 0 Å². The van der Waals surface area contributed by atoms with Crippen molar-refractivity contribution in [3.05, 3.63) is 59.7 Å². The highest BCUT2D eigenvalue weighted by Gasteiger charge is 2.29. The minimum absolute atomic E-state index is 0.467. The molecule has 22 heavy (non-hydrogen) atoms. The fraction of sp³-hybridized carbons (Fsp3) is 0.368. The standard InChI is InChI=1S/C19H22O2S/c1-20-17-7-3-14(4-8-17)13-22-19-9-5-15(6-10-19)16-11-18(12-16)21-2/h3-10,16,18H,11-13H2,1-2H3/t16-,18+. The molecule has 0 aliphatic heterocycles. The molecule has 116 valence electrons. The first-order chi connectivity index (χ1) is 10.8. The fourth-order valence-corrected chi connectivity index (χ4v) is 3.61. The molecule has 0 unspecified atom stereocenters. The van der Waals surface area contributed by atoms with E-state index >= 15 is 0 Å². The molecule has 2 aromatic rings. The zero-order chi connectivity index (χ0) is 15.4. The van der Waals surface area contributed by atoms with Gasteiger partial charge in [-0.15, -0.1) is 11.8 Å². The second-order valence-corrected chi connectivity index (χ2v) is 6.78. The minimum atomic E-state index is 0.467. The summed E-state index contributed by atoms with van der Waals surface area (Å²) in [6.07, 6.45) is 2.79. The molecule has 3 heteroatoms. The van der Waals surface area contributed by atoms with Gasteiger partial charge in [0.2, 0.25) is 0 Å². The van der Waals surface area contributed by atoms with Gasteiger partial charge in [0.05, 0.1) is 13.2 Å². The Hall–Kier alpha value is -1.45. The van der Waals surface area contributed by atoms with Gasteiger partial charge in [-0.05, 0) is 54.2 Å². The van der Waals surface area contributed by atoms with Gasteiger partial charge in [0.25, 0.3) is 0 Å². The SMILES string of the molecule is COc1ccc(CSc2ccc([C@H]3C[C@@H](OC)C3)cc2)cc1. The van der Waals surface area contributed by atoms with Crippen LogP contribution in [0.4, 0.5) is 0 Å². The van der Waals surface area contributed by atoms with Crippen LogP contribution in [-0.4, -0.2) is 20.3 Å². The van der Waals surface area contributed by atoms with Gasteiger partial charge in [0.1, 0.15) is 5.75 Å². The smallest absolute Gasteiger partial charge is 0.118 e. The molecule has 0 N–H and O–H groups in total. The Labute approximate surface area is 136 Å². The first kappa shape index (κ1) is 15.4. The van der Waals surface area contributed by atoms with Crippen LogP contribution in [0.5, 0.6) is 5.75 Å². The van der Waals surface area contributed by atoms with Gasteiger partial charge in [0, 0.05) is 17.8 Å². The predicted octanol–water partition coefficient (Wildman–Crippen LogP) is 4.88. The first-order valence-electron chi connectivity index (χ1n) is 7.67. The van der Waals surface area contributed by atoms with Gasteiger partial charge in [-0.2, -0.15) is 0 Å². The second-order valence-electron chi connectivity index (χ2n) is 5.73. The number of thioether (sulfide) groups is 1. The molecule has 1 aliphatic rings. The molecule has 2 nitrogen and oxygen atoms in total. The average molecular weight is 314 g/mol. The molecule has 0 bridgehead atoms. The zero-order valence-corrected chi connectivity index (χ0v) is 13.9. The van der Waals surface area contributed by atoms with Crippen LogP contribution in [0.15, 0.2) is 53.4 Å². The lowest BCUT2D eigenvalue weighted by Gasteiger charge is -2.34. The summed E-state index contributed by atoms with van der Waals surface area (Å²) in [7, 11) is 3.50. The van der Waals surface area contributed by atoms with Gasteiger partial charge in [0.15, 0.2) is 0 Å². The van der Waals surface area contributed by atoms with Gasteiger partial charge < -0.3 is 9.47 Å². The van der Waals surface area contributed by atoms with Gasteiger partial charge in [-0.3, -0.25) is 0 Å². The molecule has 0 saturated heterocycles. The third-order valence-electron chi connectivity index (χ3n) is 4.34. The lowest BCUT2D eigenvalue weighted by molar-refractivity contribution is 0.0258. The van der Waals surface area contributed by atoms with E-state index in [9.17, 15) is 0 Å². The van der Waals surface area contributed by atoms with E-state index in [2.05, 4.69) is 36.4 Å². The van der Waals surface area contributed by atoms with Crippen LogP contribution in [0.2, 0.25) is 0 Å². The maximum atomic E-state index is 5.35. The molecule has 2 aromatic carbocycles. The normalized spacial score (nSPS) is 20.5. The van der Waals surface area contributed by atoms with Crippen molar-refractivity contribution >= 4 is 11.8 Å². The molecule has 1 aliphatic carbocycles. The number of hydrogen-bond donors (Lipinski definition) is 0. The molecular weight excluding hydrogens is 292 g/mol. The average Bonchev–Trinajstić information content (AvgIpc) is 2.53. The fourth-order valence-electron chi connectivity index (χ4n) is 2.75. The van der Waals surface area contributed by atoms with Crippen molar-refractivity contribution in [1.29, 1.82) is 0 Å². The van der Waals surface area contributed by atoms with E-state index in [1.54, 1.807) is 14.2 Å². The van der Waals surface area contributed by atoms with Gasteiger partial charge >= 0.3 is 0 Å². The van der Waals surface area contributed by atoms with Crippen molar-refractivity contribution in [3.63, 3.8) is 0 Å². The zero-order valence-electron chi connectivity index (χ0n) is 13.1. The van der Waals surface area contributed by atoms with Crippen molar-refractivity contribution in [3.8, 4) is 5.75 Å². The van der Waals surface area contributed by atoms with Crippen LogP contribution in [0.25, 0.3) is 0 Å². The molecule has 1 saturated carbocycles. The van der Waals surface area contributed by atoms with Crippen molar-refractivity contribution < 1.29 is 9.47 Å². The quantitative estimate of drug-likeness (QED) is 0.708. The minimum Gasteiger partial charge on any atom is -0.497 e. The van der Waals surface area contributed by atoms with E-state index in [0.717, 1.165) is 24.3 Å². The number of benzene rings is 2. The summed E-state index contributed by atoms with van der Waals surface area (Å²) in [6, 6.07) is 17.3. The molecule has 0 atom stereocenters. The lowest BCUT2D eigenvalue weighted by atomic mass is 9.77. The van der Waals surface area contributed by atoms with E-state index < -0.39 is 0 Å². The van der Waals surface area contributed by atoms with Crippen LogP contribution < -0.4 is 4.74 Å².